The second kappa shape index (κ2) is 6.88. The zero-order chi connectivity index (χ0) is 16.0. The number of carboxylic acids is 1. The lowest BCUT2D eigenvalue weighted by Gasteiger charge is -2.21. The smallest absolute Gasteiger partial charge is 0.303 e. The number of rotatable bonds is 7. The number of primary amides is 1. The molecule has 2 amide bonds. The van der Waals surface area contributed by atoms with Crippen LogP contribution in [0.4, 0.5) is 5.69 Å². The molecule has 1 aromatic carbocycles. The standard InChI is InChI=1S/C15H20N2O4/c1-15(2,9-14(20)21)8-13(19)17-11-5-3-10(4-6-11)7-12(16)18/h3-6H,7-9H2,1-2H3,(H2,16,18)(H,17,19)(H,20,21). The van der Waals surface area contributed by atoms with Crippen LogP contribution in [0.15, 0.2) is 24.3 Å². The van der Waals surface area contributed by atoms with Crippen molar-refractivity contribution in [3.8, 4) is 0 Å². The first-order valence-electron chi connectivity index (χ1n) is 6.57. The summed E-state index contributed by atoms with van der Waals surface area (Å²) in [4.78, 5) is 33.4. The van der Waals surface area contributed by atoms with Crippen molar-refractivity contribution in [1.82, 2.24) is 0 Å². The van der Waals surface area contributed by atoms with Crippen LogP contribution in [0.25, 0.3) is 0 Å². The van der Waals surface area contributed by atoms with Gasteiger partial charge >= 0.3 is 5.97 Å². The average Bonchev–Trinajstić information content (AvgIpc) is 2.28. The van der Waals surface area contributed by atoms with Crippen molar-refractivity contribution in [2.24, 2.45) is 11.1 Å². The molecule has 0 saturated heterocycles. The number of amides is 2. The summed E-state index contributed by atoms with van der Waals surface area (Å²) in [6.07, 6.45) is 0.195. The molecule has 0 fully saturated rings. The topological polar surface area (TPSA) is 109 Å². The Morgan fingerprint density at radius 3 is 2.19 bits per heavy atom. The summed E-state index contributed by atoms with van der Waals surface area (Å²) in [5.74, 6) is -1.59. The van der Waals surface area contributed by atoms with Crippen LogP contribution in [0.5, 0.6) is 0 Å². The number of carboxylic acid groups (broad SMARTS) is 1. The lowest BCUT2D eigenvalue weighted by atomic mass is 9.85. The van der Waals surface area contributed by atoms with E-state index in [1.165, 1.54) is 0 Å². The molecule has 0 aliphatic heterocycles. The van der Waals surface area contributed by atoms with Gasteiger partial charge in [0.05, 0.1) is 12.8 Å². The highest BCUT2D eigenvalue weighted by molar-refractivity contribution is 5.91. The van der Waals surface area contributed by atoms with E-state index >= 15 is 0 Å². The number of carbonyl (C=O) groups excluding carboxylic acids is 2. The number of benzene rings is 1. The summed E-state index contributed by atoms with van der Waals surface area (Å²) in [6, 6.07) is 6.78. The van der Waals surface area contributed by atoms with E-state index in [1.54, 1.807) is 38.1 Å². The Morgan fingerprint density at radius 2 is 1.71 bits per heavy atom. The summed E-state index contributed by atoms with van der Waals surface area (Å²) in [7, 11) is 0. The molecular formula is C15H20N2O4. The Hall–Kier alpha value is -2.37. The fourth-order valence-electron chi connectivity index (χ4n) is 2.02. The minimum atomic E-state index is -0.927. The van der Waals surface area contributed by atoms with Gasteiger partial charge in [-0.1, -0.05) is 26.0 Å². The van der Waals surface area contributed by atoms with Crippen molar-refractivity contribution >= 4 is 23.5 Å². The zero-order valence-electron chi connectivity index (χ0n) is 12.2. The molecule has 114 valence electrons. The van der Waals surface area contributed by atoms with Crippen LogP contribution in [0.3, 0.4) is 0 Å². The maximum atomic E-state index is 11.9. The summed E-state index contributed by atoms with van der Waals surface area (Å²) >= 11 is 0. The third-order valence-electron chi connectivity index (χ3n) is 2.88. The monoisotopic (exact) mass is 292 g/mol. The summed E-state index contributed by atoms with van der Waals surface area (Å²) < 4.78 is 0. The number of hydrogen-bond donors (Lipinski definition) is 3. The Morgan fingerprint density at radius 1 is 1.14 bits per heavy atom. The quantitative estimate of drug-likeness (QED) is 0.708. The van der Waals surface area contributed by atoms with E-state index in [4.69, 9.17) is 10.8 Å². The van der Waals surface area contributed by atoms with Crippen LogP contribution in [0, 0.1) is 5.41 Å². The fourth-order valence-corrected chi connectivity index (χ4v) is 2.02. The van der Waals surface area contributed by atoms with Crippen LogP contribution in [0.1, 0.15) is 32.3 Å². The number of nitrogens with two attached hydrogens (primary N) is 1. The molecule has 0 aromatic heterocycles. The van der Waals surface area contributed by atoms with Gasteiger partial charge in [0.25, 0.3) is 0 Å². The third-order valence-corrected chi connectivity index (χ3v) is 2.88. The Labute approximate surface area is 123 Å². The minimum Gasteiger partial charge on any atom is -0.481 e. The minimum absolute atomic E-state index is 0.0715. The van der Waals surface area contributed by atoms with Gasteiger partial charge in [-0.2, -0.15) is 0 Å². The first-order chi connectivity index (χ1) is 9.68. The molecule has 6 nitrogen and oxygen atoms in total. The molecule has 0 unspecified atom stereocenters. The SMILES string of the molecule is CC(C)(CC(=O)O)CC(=O)Nc1ccc(CC(N)=O)cc1. The lowest BCUT2D eigenvalue weighted by molar-refractivity contribution is -0.139. The van der Waals surface area contributed by atoms with Crippen LogP contribution in [-0.4, -0.2) is 22.9 Å². The fraction of sp³-hybridized carbons (Fsp3) is 0.400. The van der Waals surface area contributed by atoms with Crippen molar-refractivity contribution in [3.05, 3.63) is 29.8 Å². The molecule has 6 heteroatoms. The average molecular weight is 292 g/mol. The molecule has 0 aliphatic rings. The van der Waals surface area contributed by atoms with Gasteiger partial charge in [0, 0.05) is 12.1 Å². The molecule has 0 aliphatic carbocycles. The van der Waals surface area contributed by atoms with E-state index in [-0.39, 0.29) is 25.2 Å². The Kier molecular flexibility index (Phi) is 5.46. The van der Waals surface area contributed by atoms with Crippen LogP contribution in [-0.2, 0) is 20.8 Å². The van der Waals surface area contributed by atoms with Gasteiger partial charge in [-0.05, 0) is 23.1 Å². The highest BCUT2D eigenvalue weighted by Crippen LogP contribution is 2.25. The largest absolute Gasteiger partial charge is 0.481 e. The highest BCUT2D eigenvalue weighted by Gasteiger charge is 2.25. The zero-order valence-corrected chi connectivity index (χ0v) is 12.2. The molecule has 1 rings (SSSR count). The van der Waals surface area contributed by atoms with Crippen molar-refractivity contribution < 1.29 is 19.5 Å². The van der Waals surface area contributed by atoms with E-state index in [1.807, 2.05) is 0 Å². The number of carbonyl (C=O) groups is 3. The number of anilines is 1. The number of aliphatic carboxylic acids is 1. The summed E-state index contributed by atoms with van der Waals surface area (Å²) in [5, 5.41) is 11.5. The Bertz CT molecular complexity index is 535. The highest BCUT2D eigenvalue weighted by atomic mass is 16.4. The predicted octanol–water partition coefficient (Wildman–Crippen LogP) is 1.54. The number of hydrogen-bond acceptors (Lipinski definition) is 3. The molecular weight excluding hydrogens is 272 g/mol. The van der Waals surface area contributed by atoms with Gasteiger partial charge in [-0.15, -0.1) is 0 Å². The second-order valence-electron chi connectivity index (χ2n) is 5.80. The Balaban J connectivity index is 2.58. The molecule has 0 saturated carbocycles. The molecule has 0 heterocycles. The van der Waals surface area contributed by atoms with Crippen molar-refractivity contribution in [2.45, 2.75) is 33.1 Å². The van der Waals surface area contributed by atoms with E-state index in [2.05, 4.69) is 5.32 Å². The second-order valence-corrected chi connectivity index (χ2v) is 5.80. The molecule has 0 radical (unpaired) electrons. The van der Waals surface area contributed by atoms with Crippen LogP contribution < -0.4 is 11.1 Å². The first kappa shape index (κ1) is 16.7. The normalized spacial score (nSPS) is 11.0. The maximum absolute atomic E-state index is 11.9. The maximum Gasteiger partial charge on any atom is 0.303 e. The van der Waals surface area contributed by atoms with Gasteiger partial charge in [0.15, 0.2) is 0 Å². The van der Waals surface area contributed by atoms with Gasteiger partial charge < -0.3 is 16.2 Å². The van der Waals surface area contributed by atoms with Gasteiger partial charge in [0.2, 0.25) is 11.8 Å². The van der Waals surface area contributed by atoms with E-state index < -0.39 is 17.3 Å². The van der Waals surface area contributed by atoms with Gasteiger partial charge in [-0.25, -0.2) is 0 Å². The van der Waals surface area contributed by atoms with Crippen molar-refractivity contribution in [1.29, 1.82) is 0 Å². The first-order valence-corrected chi connectivity index (χ1v) is 6.57. The molecule has 0 bridgehead atoms. The molecule has 0 atom stereocenters. The lowest BCUT2D eigenvalue weighted by Crippen LogP contribution is -2.24. The third kappa shape index (κ3) is 6.56. The van der Waals surface area contributed by atoms with E-state index in [0.717, 1.165) is 5.56 Å². The van der Waals surface area contributed by atoms with Crippen molar-refractivity contribution in [2.75, 3.05) is 5.32 Å². The van der Waals surface area contributed by atoms with Gasteiger partial charge in [-0.3, -0.25) is 14.4 Å². The predicted molar refractivity (Wildman–Crippen MR) is 78.6 cm³/mol. The van der Waals surface area contributed by atoms with E-state index in [0.29, 0.717) is 5.69 Å². The number of nitrogens with one attached hydrogen (secondary N) is 1. The van der Waals surface area contributed by atoms with Crippen LogP contribution in [0.2, 0.25) is 0 Å². The summed E-state index contributed by atoms with van der Waals surface area (Å²) in [6.45, 7) is 3.47. The van der Waals surface area contributed by atoms with Gasteiger partial charge in [0.1, 0.15) is 0 Å². The van der Waals surface area contributed by atoms with E-state index in [9.17, 15) is 14.4 Å². The van der Waals surface area contributed by atoms with Crippen molar-refractivity contribution in [3.63, 3.8) is 0 Å². The molecule has 21 heavy (non-hydrogen) atoms. The molecule has 0 spiro atoms. The molecule has 1 aromatic rings. The molecule has 4 N–H and O–H groups in total. The summed E-state index contributed by atoms with van der Waals surface area (Å²) in [5.41, 5.74) is 5.85. The van der Waals surface area contributed by atoms with Crippen LogP contribution >= 0.6 is 0 Å².